The predicted octanol–water partition coefficient (Wildman–Crippen LogP) is 2.17. The Balaban J connectivity index is 0.00000200. The molecule has 0 unspecified atom stereocenters. The van der Waals surface area contributed by atoms with Crippen molar-refractivity contribution in [1.29, 1.82) is 0 Å². The molecule has 1 aromatic rings. The van der Waals surface area contributed by atoms with Gasteiger partial charge in [0, 0.05) is 24.4 Å². The average Bonchev–Trinajstić information content (AvgIpc) is 2.41. The van der Waals surface area contributed by atoms with E-state index in [0.717, 1.165) is 36.8 Å². The quantitative estimate of drug-likeness (QED) is 0.833. The van der Waals surface area contributed by atoms with Crippen LogP contribution in [0, 0.1) is 0 Å². The number of rotatable bonds is 4. The Bertz CT molecular complexity index is 485. The zero-order valence-corrected chi connectivity index (χ0v) is 12.1. The van der Waals surface area contributed by atoms with E-state index in [0.29, 0.717) is 5.82 Å². The van der Waals surface area contributed by atoms with Crippen molar-refractivity contribution in [2.45, 2.75) is 25.8 Å². The lowest BCUT2D eigenvalue weighted by molar-refractivity contribution is -0.131. The maximum atomic E-state index is 10.5. The van der Waals surface area contributed by atoms with Crippen molar-refractivity contribution >= 4 is 30.3 Å². The summed E-state index contributed by atoms with van der Waals surface area (Å²) in [6, 6.07) is 1.91. The van der Waals surface area contributed by atoms with E-state index in [4.69, 9.17) is 10.8 Å². The van der Waals surface area contributed by atoms with Crippen LogP contribution >= 0.6 is 12.4 Å². The number of likely N-dealkylation sites (tertiary alicyclic amines) is 1. The van der Waals surface area contributed by atoms with Crippen LogP contribution in [0.3, 0.4) is 0 Å². The molecule has 0 amide bonds. The summed E-state index contributed by atoms with van der Waals surface area (Å²) in [5.41, 5.74) is 7.62. The number of hydrogen-bond acceptors (Lipinski definition) is 4. The van der Waals surface area contributed by atoms with Gasteiger partial charge in [0.15, 0.2) is 0 Å². The number of aliphatic carboxylic acids is 1. The first-order valence-electron chi connectivity index (χ1n) is 6.53. The van der Waals surface area contributed by atoms with Crippen molar-refractivity contribution in [1.82, 2.24) is 9.88 Å². The predicted molar refractivity (Wildman–Crippen MR) is 81.7 cm³/mol. The fourth-order valence-electron chi connectivity index (χ4n) is 2.28. The van der Waals surface area contributed by atoms with Crippen molar-refractivity contribution in [2.75, 3.05) is 18.8 Å². The molecule has 2 rings (SSSR count). The van der Waals surface area contributed by atoms with Crippen molar-refractivity contribution in [2.24, 2.45) is 0 Å². The van der Waals surface area contributed by atoms with Gasteiger partial charge in [0.05, 0.1) is 0 Å². The first-order valence-corrected chi connectivity index (χ1v) is 6.53. The van der Waals surface area contributed by atoms with E-state index in [1.165, 1.54) is 25.3 Å². The molecule has 0 aromatic carbocycles. The second-order valence-electron chi connectivity index (χ2n) is 4.82. The Morgan fingerprint density at radius 3 is 2.75 bits per heavy atom. The first kappa shape index (κ1) is 16.5. The number of anilines is 1. The molecular formula is C14H20ClN3O2. The number of nitrogens with zero attached hydrogens (tertiary/aromatic N) is 2. The molecule has 0 radical (unpaired) electrons. The summed E-state index contributed by atoms with van der Waals surface area (Å²) in [6.45, 7) is 2.97. The van der Waals surface area contributed by atoms with Crippen molar-refractivity contribution < 1.29 is 9.90 Å². The number of nitrogens with two attached hydrogens (primary N) is 1. The Morgan fingerprint density at radius 1 is 1.40 bits per heavy atom. The minimum Gasteiger partial charge on any atom is -0.478 e. The fourth-order valence-corrected chi connectivity index (χ4v) is 2.28. The molecule has 0 atom stereocenters. The maximum absolute atomic E-state index is 10.5. The highest BCUT2D eigenvalue weighted by Gasteiger charge is 2.12. The number of carbonyl (C=O) groups is 1. The Kier molecular flexibility index (Phi) is 6.48. The summed E-state index contributed by atoms with van der Waals surface area (Å²) in [5, 5.41) is 8.62. The van der Waals surface area contributed by atoms with Crippen LogP contribution in [0.4, 0.5) is 5.82 Å². The minimum atomic E-state index is -0.964. The van der Waals surface area contributed by atoms with Crippen LogP contribution in [0.25, 0.3) is 6.08 Å². The largest absolute Gasteiger partial charge is 0.478 e. The van der Waals surface area contributed by atoms with E-state index in [1.54, 1.807) is 6.20 Å². The summed E-state index contributed by atoms with van der Waals surface area (Å²) < 4.78 is 0. The second kappa shape index (κ2) is 7.87. The average molecular weight is 298 g/mol. The van der Waals surface area contributed by atoms with Gasteiger partial charge in [-0.3, -0.25) is 4.90 Å². The Labute approximate surface area is 124 Å². The summed E-state index contributed by atoms with van der Waals surface area (Å²) in [5.74, 6) is -0.438. The number of piperidine rings is 1. The number of pyridine rings is 1. The molecule has 5 nitrogen and oxygen atoms in total. The molecule has 0 aliphatic carbocycles. The van der Waals surface area contributed by atoms with E-state index >= 15 is 0 Å². The third-order valence-corrected chi connectivity index (χ3v) is 3.28. The van der Waals surface area contributed by atoms with Crippen LogP contribution < -0.4 is 5.73 Å². The van der Waals surface area contributed by atoms with Crippen LogP contribution in [0.2, 0.25) is 0 Å². The van der Waals surface area contributed by atoms with Crippen molar-refractivity contribution in [3.05, 3.63) is 29.5 Å². The normalized spacial score (nSPS) is 16.0. The number of carboxylic acid groups (broad SMARTS) is 1. The highest BCUT2D eigenvalue weighted by Crippen LogP contribution is 2.17. The SMILES string of the molecule is Cl.Nc1ncc(C=CC(=O)O)cc1CN1CCCCC1. The number of nitrogen functional groups attached to an aromatic ring is 1. The van der Waals surface area contributed by atoms with Gasteiger partial charge in [0.25, 0.3) is 0 Å². The lowest BCUT2D eigenvalue weighted by Crippen LogP contribution is -2.29. The first-order chi connectivity index (χ1) is 9.15. The zero-order valence-electron chi connectivity index (χ0n) is 11.3. The van der Waals surface area contributed by atoms with E-state index in [2.05, 4.69) is 9.88 Å². The minimum absolute atomic E-state index is 0. The number of aromatic nitrogens is 1. The molecule has 20 heavy (non-hydrogen) atoms. The summed E-state index contributed by atoms with van der Waals surface area (Å²) >= 11 is 0. The van der Waals surface area contributed by atoms with Gasteiger partial charge in [-0.1, -0.05) is 6.42 Å². The van der Waals surface area contributed by atoms with E-state index < -0.39 is 5.97 Å². The zero-order chi connectivity index (χ0) is 13.7. The molecule has 1 fully saturated rings. The number of carboxylic acids is 1. The van der Waals surface area contributed by atoms with E-state index in [1.807, 2.05) is 6.07 Å². The summed E-state index contributed by atoms with van der Waals surface area (Å²) in [7, 11) is 0. The molecule has 1 aromatic heterocycles. The van der Waals surface area contributed by atoms with Crippen LogP contribution in [-0.4, -0.2) is 34.0 Å². The number of halogens is 1. The van der Waals surface area contributed by atoms with Gasteiger partial charge in [-0.05, 0) is 43.6 Å². The topological polar surface area (TPSA) is 79.4 Å². The van der Waals surface area contributed by atoms with Crippen LogP contribution in [0.15, 0.2) is 18.3 Å². The molecule has 0 saturated carbocycles. The molecular weight excluding hydrogens is 278 g/mol. The Hall–Kier alpha value is -1.59. The second-order valence-corrected chi connectivity index (χ2v) is 4.82. The molecule has 2 heterocycles. The van der Waals surface area contributed by atoms with Crippen LogP contribution in [0.1, 0.15) is 30.4 Å². The van der Waals surface area contributed by atoms with Gasteiger partial charge < -0.3 is 10.8 Å². The maximum Gasteiger partial charge on any atom is 0.328 e. The van der Waals surface area contributed by atoms with Gasteiger partial charge in [0.1, 0.15) is 5.82 Å². The molecule has 110 valence electrons. The lowest BCUT2D eigenvalue weighted by Gasteiger charge is -2.26. The van der Waals surface area contributed by atoms with Crippen molar-refractivity contribution in [3.63, 3.8) is 0 Å². The third kappa shape index (κ3) is 4.83. The highest BCUT2D eigenvalue weighted by molar-refractivity contribution is 5.85. The van der Waals surface area contributed by atoms with Gasteiger partial charge >= 0.3 is 5.97 Å². The van der Waals surface area contributed by atoms with Crippen LogP contribution in [-0.2, 0) is 11.3 Å². The standard InChI is InChI=1S/C14H19N3O2.ClH/c15-14-12(10-17-6-2-1-3-7-17)8-11(9-16-14)4-5-13(18)19;/h4-5,8-9H,1-3,6-7,10H2,(H2,15,16)(H,18,19);1H. The fraction of sp³-hybridized carbons (Fsp3) is 0.429. The van der Waals surface area contributed by atoms with Gasteiger partial charge in [-0.2, -0.15) is 0 Å². The summed E-state index contributed by atoms with van der Waals surface area (Å²) in [6.07, 6.45) is 7.99. The highest BCUT2D eigenvalue weighted by atomic mass is 35.5. The van der Waals surface area contributed by atoms with E-state index in [9.17, 15) is 4.79 Å². The molecule has 3 N–H and O–H groups in total. The third-order valence-electron chi connectivity index (χ3n) is 3.28. The number of hydrogen-bond donors (Lipinski definition) is 2. The molecule has 1 aliphatic rings. The molecule has 0 spiro atoms. The molecule has 0 bridgehead atoms. The molecule has 6 heteroatoms. The van der Waals surface area contributed by atoms with Gasteiger partial charge in [-0.25, -0.2) is 9.78 Å². The monoisotopic (exact) mass is 297 g/mol. The lowest BCUT2D eigenvalue weighted by atomic mass is 10.1. The van der Waals surface area contributed by atoms with Crippen molar-refractivity contribution in [3.8, 4) is 0 Å². The van der Waals surface area contributed by atoms with Gasteiger partial charge in [0.2, 0.25) is 0 Å². The van der Waals surface area contributed by atoms with Crippen LogP contribution in [0.5, 0.6) is 0 Å². The summed E-state index contributed by atoms with van der Waals surface area (Å²) in [4.78, 5) is 17.0. The Morgan fingerprint density at radius 2 is 2.10 bits per heavy atom. The van der Waals surface area contributed by atoms with Gasteiger partial charge in [-0.15, -0.1) is 12.4 Å². The van der Waals surface area contributed by atoms with E-state index in [-0.39, 0.29) is 12.4 Å². The smallest absolute Gasteiger partial charge is 0.328 e. The molecule has 1 saturated heterocycles. The molecule has 1 aliphatic heterocycles.